The van der Waals surface area contributed by atoms with Gasteiger partial charge < -0.3 is 39.8 Å². The van der Waals surface area contributed by atoms with Crippen molar-refractivity contribution in [1.29, 1.82) is 0 Å². The molecule has 0 aromatic heterocycles. The van der Waals surface area contributed by atoms with Crippen molar-refractivity contribution in [1.82, 2.24) is 15.1 Å². The Kier molecular flexibility index (Phi) is 23.6. The molecule has 0 bridgehead atoms. The Balaban J connectivity index is 0.000000857. The molecule has 2 aliphatic heterocycles. The number of hydrogen-bond acceptors (Lipinski definition) is 10. The van der Waals surface area contributed by atoms with E-state index in [2.05, 4.69) is 62.4 Å². The summed E-state index contributed by atoms with van der Waals surface area (Å²) in [7, 11) is 0. The number of fused-ring (bicyclic) bond motifs is 2. The Hall–Kier alpha value is -2.51. The monoisotopic (exact) mass is 876 g/mol. The van der Waals surface area contributed by atoms with Crippen molar-refractivity contribution in [2.24, 2.45) is 5.73 Å². The van der Waals surface area contributed by atoms with Crippen LogP contribution < -0.4 is 11.1 Å². The average molecular weight is 878 g/mol. The van der Waals surface area contributed by atoms with Crippen molar-refractivity contribution >= 4 is 48.5 Å². The smallest absolute Gasteiger partial charge is 0.410 e. The van der Waals surface area contributed by atoms with Crippen molar-refractivity contribution in [3.63, 3.8) is 0 Å². The number of halogens is 1. The SMILES string of the molecule is CC(C)(C)OC(=O)N1CCc2ccc(CN)cc2C1.CCOC(=O)CBr.CCOC(=O)CNCc1ccc2c(c1)CN(C(=O)OC(C)(C)C)CC2.[B].[Y]. The molecule has 0 saturated heterocycles. The third-order valence-corrected chi connectivity index (χ3v) is 7.88. The van der Waals surface area contributed by atoms with E-state index in [1.165, 1.54) is 16.7 Å². The normalized spacial score (nSPS) is 13.1. The van der Waals surface area contributed by atoms with E-state index in [0.717, 1.165) is 29.5 Å². The number of esters is 2. The molecule has 2 aliphatic rings. The molecule has 0 atom stereocenters. The van der Waals surface area contributed by atoms with E-state index in [1.807, 2.05) is 41.5 Å². The van der Waals surface area contributed by atoms with E-state index < -0.39 is 11.2 Å². The first kappa shape index (κ1) is 50.5. The predicted octanol–water partition coefficient (Wildman–Crippen LogP) is 5.63. The van der Waals surface area contributed by atoms with Crippen molar-refractivity contribution < 1.29 is 70.8 Å². The number of hydrogen-bond donors (Lipinski definition) is 2. The van der Waals surface area contributed by atoms with Gasteiger partial charge in [0.2, 0.25) is 0 Å². The molecule has 2 amide bonds. The molecule has 15 heteroatoms. The number of carbonyl (C=O) groups excluding carboxylic acids is 4. The summed E-state index contributed by atoms with van der Waals surface area (Å²) in [4.78, 5) is 49.3. The fourth-order valence-corrected chi connectivity index (χ4v) is 5.30. The van der Waals surface area contributed by atoms with Crippen molar-refractivity contribution in [3.05, 3.63) is 69.8 Å². The van der Waals surface area contributed by atoms with Crippen LogP contribution in [0.15, 0.2) is 36.4 Å². The van der Waals surface area contributed by atoms with Crippen LogP contribution in [0.2, 0.25) is 0 Å². The minimum atomic E-state index is -0.490. The summed E-state index contributed by atoms with van der Waals surface area (Å²) >= 11 is 2.94. The number of rotatable bonds is 8. The van der Waals surface area contributed by atoms with Crippen LogP contribution in [0, 0.1) is 0 Å². The minimum Gasteiger partial charge on any atom is -0.465 e. The Morgan fingerprint density at radius 3 is 1.57 bits per heavy atom. The van der Waals surface area contributed by atoms with Gasteiger partial charge in [0.25, 0.3) is 0 Å². The molecule has 0 aliphatic carbocycles. The van der Waals surface area contributed by atoms with Gasteiger partial charge in [-0.3, -0.25) is 9.59 Å². The zero-order valence-corrected chi connectivity index (χ0v) is 37.1. The summed E-state index contributed by atoms with van der Waals surface area (Å²) in [5, 5.41) is 3.37. The van der Waals surface area contributed by atoms with E-state index in [0.29, 0.717) is 57.8 Å². The number of alkyl halides is 1. The maximum Gasteiger partial charge on any atom is 0.410 e. The fraction of sp³-hybridized carbons (Fsp3) is 0.579. The maximum atomic E-state index is 12.3. The van der Waals surface area contributed by atoms with Crippen LogP contribution in [0.3, 0.4) is 0 Å². The largest absolute Gasteiger partial charge is 0.465 e. The summed E-state index contributed by atoms with van der Waals surface area (Å²) < 4.78 is 20.3. The molecule has 0 unspecified atom stereocenters. The zero-order chi connectivity index (χ0) is 38.2. The van der Waals surface area contributed by atoms with Crippen LogP contribution in [0.1, 0.15) is 88.8 Å². The zero-order valence-electron chi connectivity index (χ0n) is 32.7. The van der Waals surface area contributed by atoms with Gasteiger partial charge in [0, 0.05) is 80.4 Å². The van der Waals surface area contributed by atoms with Crippen LogP contribution in [0.25, 0.3) is 0 Å². The first-order valence-corrected chi connectivity index (χ1v) is 18.6. The van der Waals surface area contributed by atoms with Gasteiger partial charge in [-0.15, -0.1) is 0 Å². The van der Waals surface area contributed by atoms with E-state index in [-0.39, 0.29) is 71.8 Å². The maximum absolute atomic E-state index is 12.3. The summed E-state index contributed by atoms with van der Waals surface area (Å²) in [6.07, 6.45) is 1.19. The van der Waals surface area contributed by atoms with Gasteiger partial charge in [-0.25, -0.2) is 9.59 Å². The quantitative estimate of drug-likeness (QED) is 0.148. The number of carbonyl (C=O) groups is 4. The van der Waals surface area contributed by atoms with Gasteiger partial charge in [0.1, 0.15) is 16.5 Å². The molecule has 2 aromatic carbocycles. The average Bonchev–Trinajstić information content (AvgIpc) is 3.06. The molecule has 4 rings (SSSR count). The Bertz CT molecular complexity index is 1470. The molecule has 2 aromatic rings. The first-order chi connectivity index (χ1) is 24.0. The summed E-state index contributed by atoms with van der Waals surface area (Å²) in [6.45, 7) is 19.5. The van der Waals surface area contributed by atoms with E-state index >= 15 is 0 Å². The van der Waals surface area contributed by atoms with Crippen molar-refractivity contribution in [2.45, 2.75) is 106 Å². The molecular formula is C38H57BBrN4O8Y. The topological polar surface area (TPSA) is 150 Å². The molecule has 53 heavy (non-hydrogen) atoms. The second-order valence-electron chi connectivity index (χ2n) is 14.1. The van der Waals surface area contributed by atoms with Crippen LogP contribution in [0.5, 0.6) is 0 Å². The third kappa shape index (κ3) is 19.6. The molecular weight excluding hydrogens is 820 g/mol. The van der Waals surface area contributed by atoms with Gasteiger partial charge in [-0.05, 0) is 102 Å². The van der Waals surface area contributed by atoms with Crippen LogP contribution in [0.4, 0.5) is 9.59 Å². The Morgan fingerprint density at radius 1 is 0.736 bits per heavy atom. The fourth-order valence-electron chi connectivity index (χ4n) is 5.14. The van der Waals surface area contributed by atoms with E-state index in [4.69, 9.17) is 19.9 Å². The predicted molar refractivity (Wildman–Crippen MR) is 206 cm³/mol. The van der Waals surface area contributed by atoms with E-state index in [9.17, 15) is 19.2 Å². The van der Waals surface area contributed by atoms with Crippen LogP contribution in [-0.2, 0) is 100 Å². The van der Waals surface area contributed by atoms with Crippen LogP contribution >= 0.6 is 15.9 Å². The van der Waals surface area contributed by atoms with Gasteiger partial charge in [0.15, 0.2) is 0 Å². The van der Waals surface area contributed by atoms with Crippen molar-refractivity contribution in [2.75, 3.05) is 38.2 Å². The standard InChI is InChI=1S/C19H28N2O4.C15H22N2O2.C4H7BrO2.B.Y/c1-5-24-17(22)12-20-11-14-6-7-15-8-9-21(13-16(15)10-14)18(23)25-19(2,3)4;1-15(2,3)19-14(18)17-7-6-12-5-4-11(9-16)8-13(12)10-17;1-2-7-4(6)3-5;;/h6-7,10,20H,5,8-9,11-13H2,1-4H3;4-5,8H,6-7,9-10,16H2,1-3H3;2-3H2,1H3;;. The summed E-state index contributed by atoms with van der Waals surface area (Å²) in [5.74, 6) is -0.459. The second-order valence-corrected chi connectivity index (χ2v) is 14.6. The number of nitrogens with zero attached hydrogens (tertiary/aromatic N) is 2. The van der Waals surface area contributed by atoms with Crippen LogP contribution in [-0.4, -0.2) is 91.7 Å². The van der Waals surface area contributed by atoms with Gasteiger partial charge in [0.05, 0.1) is 19.8 Å². The van der Waals surface area contributed by atoms with Gasteiger partial charge in [-0.1, -0.05) is 52.3 Å². The van der Waals surface area contributed by atoms with Gasteiger partial charge in [-0.2, -0.15) is 0 Å². The first-order valence-electron chi connectivity index (χ1n) is 17.4. The molecule has 4 radical (unpaired) electrons. The Morgan fingerprint density at radius 2 is 1.17 bits per heavy atom. The molecule has 2 heterocycles. The second kappa shape index (κ2) is 24.8. The molecule has 3 N–H and O–H groups in total. The van der Waals surface area contributed by atoms with Crippen molar-refractivity contribution in [3.8, 4) is 0 Å². The van der Waals surface area contributed by atoms with E-state index in [1.54, 1.807) is 23.6 Å². The molecule has 0 fully saturated rings. The number of nitrogens with one attached hydrogen (secondary N) is 1. The van der Waals surface area contributed by atoms with Gasteiger partial charge >= 0.3 is 24.1 Å². The summed E-state index contributed by atoms with van der Waals surface area (Å²) in [6, 6.07) is 12.5. The number of nitrogens with two attached hydrogens (primary N) is 1. The third-order valence-electron chi connectivity index (χ3n) is 7.42. The number of benzene rings is 2. The molecule has 12 nitrogen and oxygen atoms in total. The molecule has 290 valence electrons. The number of amides is 2. The summed E-state index contributed by atoms with van der Waals surface area (Å²) in [5.41, 5.74) is 11.8. The molecule has 0 spiro atoms. The Labute approximate surface area is 351 Å². The minimum absolute atomic E-state index is 0. The number of ether oxygens (including phenoxy) is 4. The molecule has 0 saturated carbocycles.